The van der Waals surface area contributed by atoms with Gasteiger partial charge in [0.05, 0.1) is 0 Å². The summed E-state index contributed by atoms with van der Waals surface area (Å²) in [6.45, 7) is 8.06. The highest BCUT2D eigenvalue weighted by Crippen LogP contribution is 1.73. The second-order valence-corrected chi connectivity index (χ2v) is 0.622. The summed E-state index contributed by atoms with van der Waals surface area (Å²) in [4.78, 5) is 0. The predicted octanol–water partition coefficient (Wildman–Crippen LogP) is 0.737. The summed E-state index contributed by atoms with van der Waals surface area (Å²) in [5.74, 6) is 0. The lowest BCUT2D eigenvalue weighted by molar-refractivity contribution is -0.399. The van der Waals surface area contributed by atoms with Crippen LogP contribution in [0.15, 0.2) is 0 Å². The molecule has 0 aliphatic heterocycles. The van der Waals surface area contributed by atoms with Crippen LogP contribution in [0.5, 0.6) is 0 Å². The summed E-state index contributed by atoms with van der Waals surface area (Å²) >= 11 is 0. The summed E-state index contributed by atoms with van der Waals surface area (Å²) in [5.41, 5.74) is 0. The minimum Gasteiger partial charge on any atom is -0.334 e. The van der Waals surface area contributed by atoms with Crippen LogP contribution in [0.25, 0.3) is 0 Å². The highest BCUT2D eigenvalue weighted by atomic mass is 16.4. The van der Waals surface area contributed by atoms with Gasteiger partial charge in [0.2, 0.25) is 0 Å². The van der Waals surface area contributed by atoms with E-state index in [-0.39, 0.29) is 0 Å². The fourth-order valence-electron chi connectivity index (χ4n) is 0.0833. The van der Waals surface area contributed by atoms with Gasteiger partial charge in [-0.3, -0.25) is 4.42 Å². The molecule has 29 valence electrons. The molecular weight excluding hydrogens is 64.0 g/mol. The maximum Gasteiger partial charge on any atom is 0.329 e. The molecule has 0 atom stereocenters. The Kier molecular flexibility index (Phi) is 3.43. The molecule has 0 bridgehead atoms. The Hall–Kier alpha value is -0.330. The summed E-state index contributed by atoms with van der Waals surface area (Å²) in [6.07, 6.45) is 0.684. The second-order valence-electron chi connectivity index (χ2n) is 0.622. The maximum absolute atomic E-state index is 4.25. The first-order valence-electron chi connectivity index (χ1n) is 1.43. The van der Waals surface area contributed by atoms with Crippen LogP contribution in [-0.4, -0.2) is 6.79 Å². The Morgan fingerprint density at radius 3 is 2.60 bits per heavy atom. The lowest BCUT2D eigenvalue weighted by atomic mass is 10.5. The van der Waals surface area contributed by atoms with Gasteiger partial charge in [-0.15, -0.1) is 0 Å². The lowest BCUT2D eigenvalue weighted by Gasteiger charge is -1.68. The first kappa shape index (κ1) is 4.67. The van der Waals surface area contributed by atoms with Gasteiger partial charge in [0.15, 0.2) is 0 Å². The highest BCUT2D eigenvalue weighted by molar-refractivity contribution is 5.12. The van der Waals surface area contributed by atoms with E-state index < -0.39 is 0 Å². The first-order chi connectivity index (χ1) is 2.41. The van der Waals surface area contributed by atoms with Crippen LogP contribution in [0.1, 0.15) is 6.42 Å². The Morgan fingerprint density at radius 1 is 2.00 bits per heavy atom. The normalized spacial score (nSPS) is 7.40. The summed E-state index contributed by atoms with van der Waals surface area (Å²) in [7, 11) is 0. The summed E-state index contributed by atoms with van der Waals surface area (Å²) in [5, 5.41) is 0. The molecule has 5 heavy (non-hydrogen) atoms. The van der Waals surface area contributed by atoms with E-state index in [4.69, 9.17) is 0 Å². The molecule has 0 unspecified atom stereocenters. The smallest absolute Gasteiger partial charge is 0.329 e. The average molecular weight is 71.1 g/mol. The Balaban J connectivity index is 2.40. The summed E-state index contributed by atoms with van der Waals surface area (Å²) < 4.78 is 4.25. The van der Waals surface area contributed by atoms with E-state index in [9.17, 15) is 0 Å². The second kappa shape index (κ2) is 3.67. The van der Waals surface area contributed by atoms with Crippen molar-refractivity contribution in [1.82, 2.24) is 0 Å². The third kappa shape index (κ3) is 3.67. The quantitative estimate of drug-likeness (QED) is 0.336. The molecule has 0 aliphatic carbocycles. The number of rotatable bonds is 2. The van der Waals surface area contributed by atoms with E-state index in [1.165, 1.54) is 6.61 Å². The topological polar surface area (TPSA) is 11.3 Å². The number of hydrogen-bond donors (Lipinski definition) is 0. The summed E-state index contributed by atoms with van der Waals surface area (Å²) in [6, 6.07) is 0. The van der Waals surface area contributed by atoms with Crippen LogP contribution in [-0.2, 0) is 4.42 Å². The minimum atomic E-state index is 0.684. The van der Waals surface area contributed by atoms with Crippen molar-refractivity contribution in [3.63, 3.8) is 0 Å². The van der Waals surface area contributed by atoms with Gasteiger partial charge in [0.1, 0.15) is 0 Å². The van der Waals surface area contributed by atoms with Crippen LogP contribution in [0.2, 0.25) is 0 Å². The van der Waals surface area contributed by atoms with Crippen molar-refractivity contribution >= 4 is 6.79 Å². The van der Waals surface area contributed by atoms with Crippen molar-refractivity contribution in [2.45, 2.75) is 6.42 Å². The zero-order valence-electron chi connectivity index (χ0n) is 3.11. The molecule has 1 nitrogen and oxygen atoms in total. The third-order valence-corrected chi connectivity index (χ3v) is 0.236. The van der Waals surface area contributed by atoms with E-state index in [1.54, 1.807) is 0 Å². The van der Waals surface area contributed by atoms with Crippen LogP contribution in [0, 0.1) is 13.5 Å². The molecule has 0 rings (SSSR count). The van der Waals surface area contributed by atoms with E-state index in [2.05, 4.69) is 18.1 Å². The molecule has 0 aromatic carbocycles. The fourth-order valence-corrected chi connectivity index (χ4v) is 0.0833. The highest BCUT2D eigenvalue weighted by Gasteiger charge is 1.71. The van der Waals surface area contributed by atoms with Gasteiger partial charge in [-0.1, -0.05) is 6.42 Å². The van der Waals surface area contributed by atoms with E-state index in [1.807, 2.05) is 0 Å². The largest absolute Gasteiger partial charge is 0.334 e. The molecule has 0 amide bonds. The molecule has 0 spiro atoms. The molecule has 0 saturated heterocycles. The van der Waals surface area contributed by atoms with Crippen molar-refractivity contribution in [1.29, 1.82) is 0 Å². The standard InChI is InChI=1S/C4H7O/c1-3-4-5-2/h4H,1-3H2. The van der Waals surface area contributed by atoms with Gasteiger partial charge < -0.3 is 6.92 Å². The van der Waals surface area contributed by atoms with Crippen molar-refractivity contribution in [3.05, 3.63) is 13.5 Å². The predicted molar refractivity (Wildman–Crippen MR) is 21.4 cm³/mol. The van der Waals surface area contributed by atoms with Crippen molar-refractivity contribution in [2.75, 3.05) is 0 Å². The first-order valence-corrected chi connectivity index (χ1v) is 1.43. The van der Waals surface area contributed by atoms with Crippen molar-refractivity contribution in [2.24, 2.45) is 0 Å². The van der Waals surface area contributed by atoms with Crippen LogP contribution in [0.4, 0.5) is 0 Å². The zero-order chi connectivity index (χ0) is 4.12. The number of carbonyl (C=O) groups excluding carboxylic acids is 1. The Labute approximate surface area is 32.3 Å². The monoisotopic (exact) mass is 71.0 g/mol. The van der Waals surface area contributed by atoms with Crippen LogP contribution >= 0.6 is 0 Å². The third-order valence-electron chi connectivity index (χ3n) is 0.236. The zero-order valence-corrected chi connectivity index (χ0v) is 3.11. The van der Waals surface area contributed by atoms with Gasteiger partial charge in [-0.2, -0.15) is 0 Å². The Bertz CT molecular complexity index is 24.8. The average Bonchev–Trinajstić information content (AvgIpc) is 1.41. The van der Waals surface area contributed by atoms with Gasteiger partial charge in [-0.25, -0.2) is 0 Å². The molecular formula is C4H7O. The molecule has 0 heterocycles. The molecule has 0 N–H and O–H groups in total. The van der Waals surface area contributed by atoms with E-state index in [0.717, 1.165) is 0 Å². The molecule has 1 radical (unpaired) electrons. The molecule has 0 fully saturated rings. The van der Waals surface area contributed by atoms with Crippen LogP contribution < -0.4 is 0 Å². The van der Waals surface area contributed by atoms with Gasteiger partial charge in [-0.05, 0) is 0 Å². The molecule has 0 aromatic heterocycles. The molecule has 0 aliphatic rings. The molecule has 1 heteroatoms. The van der Waals surface area contributed by atoms with Gasteiger partial charge in [0.25, 0.3) is 6.79 Å². The van der Waals surface area contributed by atoms with Crippen LogP contribution in [0.3, 0.4) is 0 Å². The van der Waals surface area contributed by atoms with Crippen molar-refractivity contribution in [3.8, 4) is 0 Å². The SMILES string of the molecule is C=[O+][CH]C[CH2-]. The van der Waals surface area contributed by atoms with Gasteiger partial charge >= 0.3 is 6.61 Å². The minimum absolute atomic E-state index is 0.684. The number of hydrogen-bond acceptors (Lipinski definition) is 0. The maximum atomic E-state index is 4.25. The molecule has 0 aromatic rings. The fraction of sp³-hybridized carbons (Fsp3) is 0.250. The van der Waals surface area contributed by atoms with E-state index >= 15 is 0 Å². The van der Waals surface area contributed by atoms with Crippen molar-refractivity contribution < 1.29 is 4.42 Å². The van der Waals surface area contributed by atoms with E-state index in [0.29, 0.717) is 6.42 Å². The Morgan fingerprint density at radius 2 is 2.60 bits per heavy atom. The lowest BCUT2D eigenvalue weighted by Crippen LogP contribution is -1.64. The van der Waals surface area contributed by atoms with Gasteiger partial charge in [0, 0.05) is 0 Å². The molecule has 0 saturated carbocycles.